The third-order valence-electron chi connectivity index (χ3n) is 2.29. The first-order valence-electron chi connectivity index (χ1n) is 5.00. The molecule has 0 radical (unpaired) electrons. The highest BCUT2D eigenvalue weighted by molar-refractivity contribution is 5.97. The van der Waals surface area contributed by atoms with E-state index in [4.69, 9.17) is 5.11 Å². The van der Waals surface area contributed by atoms with Gasteiger partial charge in [-0.05, 0) is 24.5 Å². The second-order valence-electron chi connectivity index (χ2n) is 3.45. The summed E-state index contributed by atoms with van der Waals surface area (Å²) < 4.78 is 0. The second kappa shape index (κ2) is 5.29. The lowest BCUT2D eigenvalue weighted by molar-refractivity contribution is 0.0694. The summed E-state index contributed by atoms with van der Waals surface area (Å²) >= 11 is 0. The molecule has 0 aliphatic rings. The summed E-state index contributed by atoms with van der Waals surface area (Å²) in [7, 11) is 0. The van der Waals surface area contributed by atoms with Crippen LogP contribution in [0.4, 0.5) is 0 Å². The number of carboxylic acids is 1. The molecule has 1 aromatic rings. The fraction of sp³-hybridized carbons (Fsp3) is 0.333. The first-order valence-corrected chi connectivity index (χ1v) is 5.00. The Labute approximate surface area is 88.7 Å². The second-order valence-corrected chi connectivity index (χ2v) is 3.45. The van der Waals surface area contributed by atoms with E-state index in [1.165, 1.54) is 0 Å². The summed E-state index contributed by atoms with van der Waals surface area (Å²) in [5.41, 5.74) is 1.31. The lowest BCUT2D eigenvalue weighted by atomic mass is 10.0. The van der Waals surface area contributed by atoms with Crippen molar-refractivity contribution in [2.45, 2.75) is 26.2 Å². The predicted molar refractivity (Wildman–Crippen MR) is 57.4 cm³/mol. The van der Waals surface area contributed by atoms with E-state index in [1.54, 1.807) is 12.1 Å². The van der Waals surface area contributed by atoms with Crippen LogP contribution in [-0.2, 0) is 6.42 Å². The maximum atomic E-state index is 10.8. The van der Waals surface area contributed by atoms with Gasteiger partial charge in [0.05, 0.1) is 5.56 Å². The Morgan fingerprint density at radius 1 is 1.47 bits per heavy atom. The van der Waals surface area contributed by atoms with E-state index in [0.29, 0.717) is 6.29 Å². The summed E-state index contributed by atoms with van der Waals surface area (Å²) in [4.78, 5) is 21.4. The number of hydrogen-bond acceptors (Lipinski definition) is 2. The summed E-state index contributed by atoms with van der Waals surface area (Å²) in [6.07, 6.45) is 3.53. The predicted octanol–water partition coefficient (Wildman–Crippen LogP) is 2.54. The van der Waals surface area contributed by atoms with Crippen molar-refractivity contribution in [3.8, 4) is 0 Å². The fourth-order valence-electron chi connectivity index (χ4n) is 1.43. The zero-order valence-corrected chi connectivity index (χ0v) is 8.69. The standard InChI is InChI=1S/C12H14O3/c1-2-3-4-9-5-6-10(8-13)11(7-9)12(14)15/h5-8H,2-4H2,1H3,(H,14,15). The third-order valence-corrected chi connectivity index (χ3v) is 2.29. The van der Waals surface area contributed by atoms with Crippen LogP contribution >= 0.6 is 0 Å². The minimum absolute atomic E-state index is 0.0959. The molecule has 1 aromatic carbocycles. The van der Waals surface area contributed by atoms with Crippen LogP contribution in [0.1, 0.15) is 46.0 Å². The highest BCUT2D eigenvalue weighted by atomic mass is 16.4. The molecule has 80 valence electrons. The number of carbonyl (C=O) groups is 2. The van der Waals surface area contributed by atoms with Crippen molar-refractivity contribution in [1.82, 2.24) is 0 Å². The van der Waals surface area contributed by atoms with Crippen LogP contribution in [0.5, 0.6) is 0 Å². The van der Waals surface area contributed by atoms with Gasteiger partial charge in [0.1, 0.15) is 0 Å². The van der Waals surface area contributed by atoms with E-state index >= 15 is 0 Å². The largest absolute Gasteiger partial charge is 0.478 e. The van der Waals surface area contributed by atoms with Gasteiger partial charge in [0.15, 0.2) is 6.29 Å². The molecule has 0 aromatic heterocycles. The molecule has 0 atom stereocenters. The number of aromatic carboxylic acids is 1. The van der Waals surface area contributed by atoms with Crippen LogP contribution in [0.15, 0.2) is 18.2 Å². The Kier molecular flexibility index (Phi) is 4.03. The van der Waals surface area contributed by atoms with Gasteiger partial charge in [-0.1, -0.05) is 25.5 Å². The minimum Gasteiger partial charge on any atom is -0.478 e. The smallest absolute Gasteiger partial charge is 0.336 e. The topological polar surface area (TPSA) is 54.4 Å². The van der Waals surface area contributed by atoms with E-state index in [1.807, 2.05) is 6.07 Å². The molecule has 0 saturated heterocycles. The van der Waals surface area contributed by atoms with Crippen LogP contribution in [0.25, 0.3) is 0 Å². The van der Waals surface area contributed by atoms with Crippen molar-refractivity contribution >= 4 is 12.3 Å². The molecule has 15 heavy (non-hydrogen) atoms. The lowest BCUT2D eigenvalue weighted by Gasteiger charge is -2.03. The molecule has 0 unspecified atom stereocenters. The van der Waals surface area contributed by atoms with Crippen LogP contribution < -0.4 is 0 Å². The first kappa shape index (κ1) is 11.4. The molecule has 0 aliphatic carbocycles. The number of aldehydes is 1. The van der Waals surface area contributed by atoms with Gasteiger partial charge in [-0.2, -0.15) is 0 Å². The molecule has 0 fully saturated rings. The first-order chi connectivity index (χ1) is 7.19. The molecule has 1 N–H and O–H groups in total. The summed E-state index contributed by atoms with van der Waals surface area (Å²) in [6, 6.07) is 4.97. The SMILES string of the molecule is CCCCc1ccc(C=O)c(C(=O)O)c1. The quantitative estimate of drug-likeness (QED) is 0.753. The van der Waals surface area contributed by atoms with E-state index in [9.17, 15) is 9.59 Å². The third kappa shape index (κ3) is 2.91. The molecule has 0 spiro atoms. The minimum atomic E-state index is -1.05. The molecule has 1 rings (SSSR count). The Balaban J connectivity index is 2.99. The molecular weight excluding hydrogens is 192 g/mol. The maximum Gasteiger partial charge on any atom is 0.336 e. The average molecular weight is 206 g/mol. The van der Waals surface area contributed by atoms with E-state index in [2.05, 4.69) is 6.92 Å². The zero-order chi connectivity index (χ0) is 11.3. The monoisotopic (exact) mass is 206 g/mol. The lowest BCUT2D eigenvalue weighted by Crippen LogP contribution is -2.03. The van der Waals surface area contributed by atoms with Gasteiger partial charge in [-0.15, -0.1) is 0 Å². The number of benzene rings is 1. The molecule has 0 aliphatic heterocycles. The van der Waals surface area contributed by atoms with Gasteiger partial charge >= 0.3 is 5.97 Å². The van der Waals surface area contributed by atoms with Gasteiger partial charge in [0.25, 0.3) is 0 Å². The van der Waals surface area contributed by atoms with E-state index in [0.717, 1.165) is 24.8 Å². The highest BCUT2D eigenvalue weighted by Gasteiger charge is 2.09. The van der Waals surface area contributed by atoms with Gasteiger partial charge in [-0.25, -0.2) is 4.79 Å². The number of carbonyl (C=O) groups excluding carboxylic acids is 1. The van der Waals surface area contributed by atoms with Crippen LogP contribution in [0.3, 0.4) is 0 Å². The Morgan fingerprint density at radius 2 is 2.20 bits per heavy atom. The molecule has 3 heteroatoms. The Bertz CT molecular complexity index is 369. The van der Waals surface area contributed by atoms with E-state index < -0.39 is 5.97 Å². The number of carboxylic acid groups (broad SMARTS) is 1. The van der Waals surface area contributed by atoms with Crippen molar-refractivity contribution in [3.63, 3.8) is 0 Å². The van der Waals surface area contributed by atoms with Crippen molar-refractivity contribution in [3.05, 3.63) is 34.9 Å². The normalized spacial score (nSPS) is 9.93. The van der Waals surface area contributed by atoms with E-state index in [-0.39, 0.29) is 11.1 Å². The van der Waals surface area contributed by atoms with Crippen LogP contribution in [0.2, 0.25) is 0 Å². The summed E-state index contributed by atoms with van der Waals surface area (Å²) in [5.74, 6) is -1.05. The molecule has 0 amide bonds. The zero-order valence-electron chi connectivity index (χ0n) is 8.69. The molecular formula is C12H14O3. The average Bonchev–Trinajstić information content (AvgIpc) is 2.25. The Morgan fingerprint density at radius 3 is 2.73 bits per heavy atom. The van der Waals surface area contributed by atoms with Crippen molar-refractivity contribution in [1.29, 1.82) is 0 Å². The summed E-state index contributed by atoms with van der Waals surface area (Å²) in [5, 5.41) is 8.89. The van der Waals surface area contributed by atoms with Gasteiger partial charge in [0.2, 0.25) is 0 Å². The fourth-order valence-corrected chi connectivity index (χ4v) is 1.43. The van der Waals surface area contributed by atoms with Gasteiger partial charge in [-0.3, -0.25) is 4.79 Å². The molecule has 0 bridgehead atoms. The number of rotatable bonds is 5. The summed E-state index contributed by atoms with van der Waals surface area (Å²) in [6.45, 7) is 2.08. The van der Waals surface area contributed by atoms with Crippen molar-refractivity contribution < 1.29 is 14.7 Å². The molecule has 3 nitrogen and oxygen atoms in total. The van der Waals surface area contributed by atoms with Gasteiger partial charge < -0.3 is 5.11 Å². The molecule has 0 heterocycles. The molecule has 0 saturated carbocycles. The number of aryl methyl sites for hydroxylation is 1. The van der Waals surface area contributed by atoms with Crippen LogP contribution in [-0.4, -0.2) is 17.4 Å². The van der Waals surface area contributed by atoms with Crippen molar-refractivity contribution in [2.24, 2.45) is 0 Å². The van der Waals surface area contributed by atoms with Crippen molar-refractivity contribution in [2.75, 3.05) is 0 Å². The number of unbranched alkanes of at least 4 members (excludes halogenated alkanes) is 1. The highest BCUT2D eigenvalue weighted by Crippen LogP contribution is 2.12. The van der Waals surface area contributed by atoms with Crippen LogP contribution in [0, 0.1) is 0 Å². The number of hydrogen-bond donors (Lipinski definition) is 1. The Hall–Kier alpha value is -1.64. The maximum absolute atomic E-state index is 10.8. The van der Waals surface area contributed by atoms with Gasteiger partial charge in [0, 0.05) is 5.56 Å².